The average Bonchev–Trinajstić information content (AvgIpc) is 2.11. The number of carboxylic acid groups (broad SMARTS) is 1. The molecule has 6 nitrogen and oxygen atoms in total. The Morgan fingerprint density at radius 1 is 1.46 bits per heavy atom. The molecule has 0 heterocycles. The summed E-state index contributed by atoms with van der Waals surface area (Å²) in [4.78, 5) is 31.9. The molecule has 13 heavy (non-hydrogen) atoms. The molecule has 0 aliphatic carbocycles. The molecule has 0 bridgehead atoms. The van der Waals surface area contributed by atoms with E-state index in [0.717, 1.165) is 0 Å². The van der Waals surface area contributed by atoms with Gasteiger partial charge in [-0.15, -0.1) is 11.6 Å². The molecule has 0 saturated carbocycles. The third-order valence-electron chi connectivity index (χ3n) is 1.19. The van der Waals surface area contributed by atoms with Gasteiger partial charge in [0.1, 0.15) is 0 Å². The number of halogens is 1. The van der Waals surface area contributed by atoms with Crippen LogP contribution >= 0.6 is 11.6 Å². The summed E-state index contributed by atoms with van der Waals surface area (Å²) in [6.45, 7) is -0.376. The number of nitrogens with one attached hydrogen (secondary N) is 1. The lowest BCUT2D eigenvalue weighted by molar-refractivity contribution is -0.145. The molecule has 1 amide bonds. The average molecular weight is 209 g/mol. The smallest absolute Gasteiger partial charge is 0.334 e. The minimum absolute atomic E-state index is 0.376. The number of aliphatic carboxylic acids is 1. The minimum Gasteiger partial charge on any atom is -0.479 e. The molecule has 0 aromatic carbocycles. The largest absolute Gasteiger partial charge is 0.479 e. The molecule has 0 aromatic rings. The fourth-order valence-corrected chi connectivity index (χ4v) is 0.731. The van der Waals surface area contributed by atoms with Crippen molar-refractivity contribution in [2.75, 3.05) is 12.4 Å². The SMILES string of the molecule is NCC(=O)NC(C(=O)O)C(=O)CCl. The number of hydrogen-bond acceptors (Lipinski definition) is 4. The third kappa shape index (κ3) is 3.86. The van der Waals surface area contributed by atoms with Crippen molar-refractivity contribution in [2.24, 2.45) is 5.73 Å². The highest BCUT2D eigenvalue weighted by Crippen LogP contribution is 1.90. The number of carboxylic acids is 1. The van der Waals surface area contributed by atoms with Crippen LogP contribution in [0.25, 0.3) is 0 Å². The van der Waals surface area contributed by atoms with E-state index in [1.165, 1.54) is 0 Å². The monoisotopic (exact) mass is 208 g/mol. The summed E-state index contributed by atoms with van der Waals surface area (Å²) in [7, 11) is 0. The quantitative estimate of drug-likeness (QED) is 0.369. The van der Waals surface area contributed by atoms with Gasteiger partial charge in [0.25, 0.3) is 0 Å². The summed E-state index contributed by atoms with van der Waals surface area (Å²) in [6.07, 6.45) is 0. The van der Waals surface area contributed by atoms with E-state index in [0.29, 0.717) is 0 Å². The normalized spacial score (nSPS) is 11.8. The number of Topliss-reactive ketones (excluding diaryl/α,β-unsaturated/α-hetero) is 1. The molecule has 1 unspecified atom stereocenters. The summed E-state index contributed by atoms with van der Waals surface area (Å²) in [5.41, 5.74) is 4.91. The van der Waals surface area contributed by atoms with Gasteiger partial charge >= 0.3 is 5.97 Å². The van der Waals surface area contributed by atoms with Crippen molar-refractivity contribution in [1.82, 2.24) is 5.32 Å². The van der Waals surface area contributed by atoms with Crippen molar-refractivity contribution in [2.45, 2.75) is 6.04 Å². The predicted octanol–water partition coefficient (Wildman–Crippen LogP) is -1.68. The molecule has 0 spiro atoms. The van der Waals surface area contributed by atoms with Crippen molar-refractivity contribution in [3.05, 3.63) is 0 Å². The molecule has 0 radical (unpaired) electrons. The van der Waals surface area contributed by atoms with Crippen LogP contribution in [0.4, 0.5) is 0 Å². The Morgan fingerprint density at radius 2 is 2.00 bits per heavy atom. The van der Waals surface area contributed by atoms with E-state index in [1.807, 2.05) is 5.32 Å². The second-order valence-electron chi connectivity index (χ2n) is 2.14. The first kappa shape index (κ1) is 11.9. The highest BCUT2D eigenvalue weighted by Gasteiger charge is 2.26. The van der Waals surface area contributed by atoms with E-state index in [2.05, 4.69) is 0 Å². The lowest BCUT2D eigenvalue weighted by atomic mass is 10.2. The van der Waals surface area contributed by atoms with Crippen LogP contribution in [0.2, 0.25) is 0 Å². The number of amides is 1. The lowest BCUT2D eigenvalue weighted by Crippen LogP contribution is -2.48. The zero-order valence-electron chi connectivity index (χ0n) is 6.62. The van der Waals surface area contributed by atoms with Gasteiger partial charge in [-0.05, 0) is 0 Å². The predicted molar refractivity (Wildman–Crippen MR) is 44.3 cm³/mol. The van der Waals surface area contributed by atoms with Crippen LogP contribution in [0.5, 0.6) is 0 Å². The molecule has 7 heteroatoms. The summed E-state index contributed by atoms with van der Waals surface area (Å²) in [6, 6.07) is -1.60. The maximum absolute atomic E-state index is 10.8. The Balaban J connectivity index is 4.35. The Morgan fingerprint density at radius 3 is 2.31 bits per heavy atom. The summed E-state index contributed by atoms with van der Waals surface area (Å²) < 4.78 is 0. The van der Waals surface area contributed by atoms with Gasteiger partial charge in [-0.2, -0.15) is 0 Å². The molecule has 0 fully saturated rings. The number of nitrogens with two attached hydrogens (primary N) is 1. The number of rotatable bonds is 5. The van der Waals surface area contributed by atoms with Crippen molar-refractivity contribution >= 4 is 29.3 Å². The number of alkyl halides is 1. The van der Waals surface area contributed by atoms with Gasteiger partial charge in [-0.3, -0.25) is 9.59 Å². The maximum Gasteiger partial charge on any atom is 0.334 e. The molecule has 0 saturated heterocycles. The summed E-state index contributed by atoms with van der Waals surface area (Å²) >= 11 is 5.12. The molecule has 4 N–H and O–H groups in total. The second kappa shape index (κ2) is 5.50. The number of carbonyl (C=O) groups is 3. The number of hydrogen-bond donors (Lipinski definition) is 3. The van der Waals surface area contributed by atoms with Gasteiger partial charge in [0, 0.05) is 0 Å². The van der Waals surface area contributed by atoms with Gasteiger partial charge in [0.15, 0.2) is 11.8 Å². The topological polar surface area (TPSA) is 109 Å². The van der Waals surface area contributed by atoms with Gasteiger partial charge in [-0.1, -0.05) is 0 Å². The van der Waals surface area contributed by atoms with Crippen LogP contribution < -0.4 is 11.1 Å². The van der Waals surface area contributed by atoms with E-state index < -0.39 is 29.6 Å². The van der Waals surface area contributed by atoms with Crippen LogP contribution in [0.15, 0.2) is 0 Å². The molecular formula is C6H9ClN2O4. The zero-order chi connectivity index (χ0) is 10.4. The molecule has 74 valence electrons. The Labute approximate surface area is 79.0 Å². The van der Waals surface area contributed by atoms with Crippen LogP contribution in [0.3, 0.4) is 0 Å². The molecule has 0 rings (SSSR count). The lowest BCUT2D eigenvalue weighted by Gasteiger charge is -2.10. The number of carbonyl (C=O) groups excluding carboxylic acids is 2. The fourth-order valence-electron chi connectivity index (χ4n) is 0.577. The standard InChI is InChI=1S/C6H9ClN2O4/c7-1-3(10)5(6(12)13)9-4(11)2-8/h5H,1-2,8H2,(H,9,11)(H,12,13). The van der Waals surface area contributed by atoms with Crippen LogP contribution in [-0.2, 0) is 14.4 Å². The van der Waals surface area contributed by atoms with Crippen molar-refractivity contribution in [3.8, 4) is 0 Å². The van der Waals surface area contributed by atoms with Crippen LogP contribution in [0.1, 0.15) is 0 Å². The van der Waals surface area contributed by atoms with Crippen LogP contribution in [-0.4, -0.2) is 41.2 Å². The third-order valence-corrected chi connectivity index (χ3v) is 1.45. The van der Waals surface area contributed by atoms with Gasteiger partial charge in [0.05, 0.1) is 12.4 Å². The zero-order valence-corrected chi connectivity index (χ0v) is 7.37. The molecule has 0 aliphatic heterocycles. The fraction of sp³-hybridized carbons (Fsp3) is 0.500. The van der Waals surface area contributed by atoms with Crippen molar-refractivity contribution < 1.29 is 19.5 Å². The van der Waals surface area contributed by atoms with Crippen molar-refractivity contribution in [1.29, 1.82) is 0 Å². The first-order valence-electron chi connectivity index (χ1n) is 3.33. The van der Waals surface area contributed by atoms with Gasteiger partial charge in [0.2, 0.25) is 5.91 Å². The Bertz CT molecular complexity index is 231. The highest BCUT2D eigenvalue weighted by molar-refractivity contribution is 6.30. The molecule has 1 atom stereocenters. The number of ketones is 1. The Hall–Kier alpha value is -1.14. The maximum atomic E-state index is 10.8. The van der Waals surface area contributed by atoms with E-state index in [4.69, 9.17) is 22.4 Å². The van der Waals surface area contributed by atoms with E-state index in [-0.39, 0.29) is 6.54 Å². The van der Waals surface area contributed by atoms with Crippen molar-refractivity contribution in [3.63, 3.8) is 0 Å². The Kier molecular flexibility index (Phi) is 5.01. The highest BCUT2D eigenvalue weighted by atomic mass is 35.5. The first-order chi connectivity index (χ1) is 6.02. The molecule has 0 aromatic heterocycles. The van der Waals surface area contributed by atoms with Crippen LogP contribution in [0, 0.1) is 0 Å². The van der Waals surface area contributed by atoms with Gasteiger partial charge in [-0.25, -0.2) is 4.79 Å². The minimum atomic E-state index is -1.60. The second-order valence-corrected chi connectivity index (χ2v) is 2.41. The summed E-state index contributed by atoms with van der Waals surface area (Å²) in [5, 5.41) is 10.4. The van der Waals surface area contributed by atoms with E-state index >= 15 is 0 Å². The molecule has 0 aliphatic rings. The van der Waals surface area contributed by atoms with E-state index in [9.17, 15) is 14.4 Å². The molecular weight excluding hydrogens is 200 g/mol. The summed E-state index contributed by atoms with van der Waals surface area (Å²) in [5.74, 6) is -3.42. The van der Waals surface area contributed by atoms with E-state index in [1.54, 1.807) is 0 Å². The van der Waals surface area contributed by atoms with Gasteiger partial charge < -0.3 is 16.2 Å². The first-order valence-corrected chi connectivity index (χ1v) is 3.87.